The number of nitrogens with one attached hydrogen (secondary N) is 1. The van der Waals surface area contributed by atoms with Gasteiger partial charge >= 0.3 is 12.0 Å². The van der Waals surface area contributed by atoms with E-state index in [1.54, 1.807) is 34.1 Å². The fourth-order valence-corrected chi connectivity index (χ4v) is 3.97. The molecule has 3 amide bonds. The third-order valence-corrected chi connectivity index (χ3v) is 5.62. The maximum Gasteiger partial charge on any atom is 0.321 e. The summed E-state index contributed by atoms with van der Waals surface area (Å²) in [5.41, 5.74) is 3.17. The number of carboxylic acids is 1. The average Bonchev–Trinajstić information content (AvgIpc) is 3.17. The van der Waals surface area contributed by atoms with Crippen molar-refractivity contribution in [3.8, 4) is 0 Å². The smallest absolute Gasteiger partial charge is 0.321 e. The maximum atomic E-state index is 13.0. The number of nitrogens with zero attached hydrogens (tertiary/aromatic N) is 2. The quantitative estimate of drug-likeness (QED) is 0.838. The van der Waals surface area contributed by atoms with Gasteiger partial charge in [-0.1, -0.05) is 24.3 Å². The van der Waals surface area contributed by atoms with Crippen LogP contribution in [0, 0.1) is 5.92 Å². The molecule has 0 radical (unpaired) electrons. The lowest BCUT2D eigenvalue weighted by Crippen LogP contribution is -2.42. The number of carbonyl (C=O) groups excluding carboxylic acids is 2. The molecule has 2 aromatic rings. The highest BCUT2D eigenvalue weighted by Crippen LogP contribution is 2.29. The molecule has 29 heavy (non-hydrogen) atoms. The first-order chi connectivity index (χ1) is 14.0. The molecule has 0 aliphatic carbocycles. The number of aliphatic carboxylic acids is 1. The van der Waals surface area contributed by atoms with Gasteiger partial charge in [0.05, 0.1) is 5.92 Å². The molecule has 1 saturated heterocycles. The van der Waals surface area contributed by atoms with Gasteiger partial charge in [0.15, 0.2) is 0 Å². The Balaban J connectivity index is 1.42. The molecule has 0 bridgehead atoms. The number of urea groups is 1. The molecule has 0 spiro atoms. The molecule has 2 N–H and O–H groups in total. The first-order valence-electron chi connectivity index (χ1n) is 9.81. The van der Waals surface area contributed by atoms with Crippen LogP contribution in [0.4, 0.5) is 16.2 Å². The lowest BCUT2D eigenvalue weighted by atomic mass is 9.97. The molecule has 7 heteroatoms. The second-order valence-electron chi connectivity index (χ2n) is 7.45. The van der Waals surface area contributed by atoms with E-state index >= 15 is 0 Å². The highest BCUT2D eigenvalue weighted by atomic mass is 16.4. The molecule has 2 aliphatic heterocycles. The molecule has 150 valence electrons. The van der Waals surface area contributed by atoms with E-state index in [0.717, 1.165) is 17.7 Å². The molecule has 1 fully saturated rings. The molecule has 7 nitrogen and oxygen atoms in total. The van der Waals surface area contributed by atoms with Gasteiger partial charge in [0, 0.05) is 36.6 Å². The Morgan fingerprint density at radius 1 is 0.966 bits per heavy atom. The summed E-state index contributed by atoms with van der Waals surface area (Å²) >= 11 is 0. The fourth-order valence-electron chi connectivity index (χ4n) is 3.97. The van der Waals surface area contributed by atoms with E-state index in [4.69, 9.17) is 5.11 Å². The van der Waals surface area contributed by atoms with Gasteiger partial charge in [0.2, 0.25) is 0 Å². The number of para-hydroxylation sites is 1. The van der Waals surface area contributed by atoms with Gasteiger partial charge in [-0.15, -0.1) is 0 Å². The van der Waals surface area contributed by atoms with Crippen LogP contribution >= 0.6 is 0 Å². The van der Waals surface area contributed by atoms with Crippen molar-refractivity contribution in [3.05, 3.63) is 59.7 Å². The maximum absolute atomic E-state index is 13.0. The van der Waals surface area contributed by atoms with Crippen molar-refractivity contribution < 1.29 is 19.5 Å². The molecule has 0 atom stereocenters. The van der Waals surface area contributed by atoms with E-state index < -0.39 is 5.97 Å². The van der Waals surface area contributed by atoms with Crippen LogP contribution in [0.2, 0.25) is 0 Å². The highest BCUT2D eigenvalue weighted by molar-refractivity contribution is 6.08. The predicted octanol–water partition coefficient (Wildman–Crippen LogP) is 3.22. The van der Waals surface area contributed by atoms with Crippen molar-refractivity contribution in [2.75, 3.05) is 29.9 Å². The zero-order valence-electron chi connectivity index (χ0n) is 16.0. The van der Waals surface area contributed by atoms with Crippen LogP contribution in [0.3, 0.4) is 0 Å². The van der Waals surface area contributed by atoms with Crippen LogP contribution in [0.1, 0.15) is 28.8 Å². The second-order valence-corrected chi connectivity index (χ2v) is 7.45. The second kappa shape index (κ2) is 7.95. The van der Waals surface area contributed by atoms with Crippen LogP contribution in [0.15, 0.2) is 48.5 Å². The minimum atomic E-state index is -0.806. The van der Waals surface area contributed by atoms with Crippen molar-refractivity contribution in [3.63, 3.8) is 0 Å². The first-order valence-corrected chi connectivity index (χ1v) is 9.81. The monoisotopic (exact) mass is 393 g/mol. The number of anilines is 2. The molecule has 2 aromatic carbocycles. The van der Waals surface area contributed by atoms with Crippen molar-refractivity contribution in [1.29, 1.82) is 0 Å². The topological polar surface area (TPSA) is 90.0 Å². The van der Waals surface area contributed by atoms with Crippen molar-refractivity contribution in [2.45, 2.75) is 19.3 Å². The van der Waals surface area contributed by atoms with Crippen LogP contribution in [0.5, 0.6) is 0 Å². The summed E-state index contributed by atoms with van der Waals surface area (Å²) in [7, 11) is 0. The molecular formula is C22H23N3O4. The number of benzene rings is 2. The highest BCUT2D eigenvalue weighted by Gasteiger charge is 2.28. The minimum absolute atomic E-state index is 0.0895. The average molecular weight is 393 g/mol. The number of carbonyl (C=O) groups is 3. The number of carboxylic acid groups (broad SMARTS) is 1. The van der Waals surface area contributed by atoms with E-state index in [-0.39, 0.29) is 17.9 Å². The number of hydrogen-bond acceptors (Lipinski definition) is 3. The third-order valence-electron chi connectivity index (χ3n) is 5.62. The minimum Gasteiger partial charge on any atom is -0.481 e. The van der Waals surface area contributed by atoms with Crippen molar-refractivity contribution in [1.82, 2.24) is 4.90 Å². The molecule has 0 aromatic heterocycles. The first kappa shape index (κ1) is 19.0. The molecular weight excluding hydrogens is 370 g/mol. The number of rotatable bonds is 3. The predicted molar refractivity (Wildman–Crippen MR) is 109 cm³/mol. The third kappa shape index (κ3) is 3.94. The Morgan fingerprint density at radius 3 is 2.48 bits per heavy atom. The zero-order valence-corrected chi connectivity index (χ0v) is 16.0. The molecule has 2 heterocycles. The Bertz CT molecular complexity index is 951. The number of hydrogen-bond donors (Lipinski definition) is 2. The zero-order chi connectivity index (χ0) is 20.4. The van der Waals surface area contributed by atoms with Gasteiger partial charge in [-0.2, -0.15) is 0 Å². The van der Waals surface area contributed by atoms with E-state index in [0.29, 0.717) is 43.7 Å². The van der Waals surface area contributed by atoms with Gasteiger partial charge < -0.3 is 20.2 Å². The summed E-state index contributed by atoms with van der Waals surface area (Å²) in [5.74, 6) is -1.28. The van der Waals surface area contributed by atoms with Gasteiger partial charge in [0.25, 0.3) is 5.91 Å². The van der Waals surface area contributed by atoms with E-state index in [9.17, 15) is 14.4 Å². The standard InChI is InChI=1S/C22H23N3O4/c26-20(25-13-10-15-4-1-2-7-19(15)25)17-5-3-6-18(14-17)23-22(29)24-11-8-16(9-12-24)21(27)28/h1-7,14,16H,8-13H2,(H,23,29)(H,27,28). The SMILES string of the molecule is O=C(O)C1CCN(C(=O)Nc2cccc(C(=O)N3CCc4ccccc43)c2)CC1. The largest absolute Gasteiger partial charge is 0.481 e. The summed E-state index contributed by atoms with van der Waals surface area (Å²) < 4.78 is 0. The molecule has 0 saturated carbocycles. The molecule has 4 rings (SSSR count). The lowest BCUT2D eigenvalue weighted by molar-refractivity contribution is -0.143. The summed E-state index contributed by atoms with van der Waals surface area (Å²) in [6.07, 6.45) is 1.75. The number of piperidine rings is 1. The Labute approximate surface area is 168 Å². The molecule has 2 aliphatic rings. The Hall–Kier alpha value is -3.35. The molecule has 0 unspecified atom stereocenters. The normalized spacial score (nSPS) is 16.4. The van der Waals surface area contributed by atoms with Gasteiger partial charge in [-0.25, -0.2) is 4.79 Å². The van der Waals surface area contributed by atoms with Gasteiger partial charge in [-0.3, -0.25) is 9.59 Å². The Morgan fingerprint density at radius 2 is 1.72 bits per heavy atom. The van der Waals surface area contributed by atoms with Crippen LogP contribution in [-0.2, 0) is 11.2 Å². The summed E-state index contributed by atoms with van der Waals surface area (Å²) in [6, 6.07) is 14.5. The van der Waals surface area contributed by atoms with Crippen LogP contribution < -0.4 is 10.2 Å². The number of amides is 3. The number of fused-ring (bicyclic) bond motifs is 1. The summed E-state index contributed by atoms with van der Waals surface area (Å²) in [5, 5.41) is 11.9. The van der Waals surface area contributed by atoms with E-state index in [2.05, 4.69) is 5.32 Å². The van der Waals surface area contributed by atoms with E-state index in [1.807, 2.05) is 24.3 Å². The lowest BCUT2D eigenvalue weighted by Gasteiger charge is -2.30. The Kier molecular flexibility index (Phi) is 5.20. The van der Waals surface area contributed by atoms with Gasteiger partial charge in [-0.05, 0) is 49.1 Å². The number of likely N-dealkylation sites (tertiary alicyclic amines) is 1. The van der Waals surface area contributed by atoms with E-state index in [1.165, 1.54) is 0 Å². The van der Waals surface area contributed by atoms with Gasteiger partial charge in [0.1, 0.15) is 0 Å². The van der Waals surface area contributed by atoms with Crippen LogP contribution in [0.25, 0.3) is 0 Å². The summed E-state index contributed by atoms with van der Waals surface area (Å²) in [4.78, 5) is 40.0. The fraction of sp³-hybridized carbons (Fsp3) is 0.318. The van der Waals surface area contributed by atoms with Crippen LogP contribution in [-0.4, -0.2) is 47.5 Å². The van der Waals surface area contributed by atoms with Crippen molar-refractivity contribution >= 4 is 29.3 Å². The van der Waals surface area contributed by atoms with Crippen molar-refractivity contribution in [2.24, 2.45) is 5.92 Å². The summed E-state index contributed by atoms with van der Waals surface area (Å²) in [6.45, 7) is 1.46.